The van der Waals surface area contributed by atoms with E-state index in [1.807, 2.05) is 23.2 Å². The van der Waals surface area contributed by atoms with Crippen molar-refractivity contribution in [2.75, 3.05) is 4.90 Å². The van der Waals surface area contributed by atoms with Crippen LogP contribution in [0, 0.1) is 23.8 Å². The summed E-state index contributed by atoms with van der Waals surface area (Å²) < 4.78 is 0. The van der Waals surface area contributed by atoms with E-state index in [1.165, 1.54) is 5.71 Å². The SMILES string of the molecule is CC(C)C1=NC#CC(CCc2cncc(N3C(=O)c4ccc(Cl)cc4CC3C)c2)C1. The molecule has 2 unspecified atom stereocenters. The lowest BCUT2D eigenvalue weighted by molar-refractivity contribution is 0.0969. The summed E-state index contributed by atoms with van der Waals surface area (Å²) in [5.41, 5.74) is 4.91. The molecule has 2 aliphatic heterocycles. The van der Waals surface area contributed by atoms with Crippen LogP contribution >= 0.6 is 11.6 Å². The molecule has 0 saturated carbocycles. The summed E-state index contributed by atoms with van der Waals surface area (Å²) >= 11 is 6.12. The molecule has 0 saturated heterocycles. The van der Waals surface area contributed by atoms with Crippen LogP contribution in [-0.4, -0.2) is 22.6 Å². The number of hydrogen-bond acceptors (Lipinski definition) is 3. The van der Waals surface area contributed by atoms with E-state index in [0.717, 1.165) is 48.1 Å². The molecule has 0 aliphatic carbocycles. The number of hydrogen-bond donors (Lipinski definition) is 0. The molecule has 154 valence electrons. The second-order valence-electron chi connectivity index (χ2n) is 8.53. The van der Waals surface area contributed by atoms with Gasteiger partial charge in [0.2, 0.25) is 0 Å². The number of fused-ring (bicyclic) bond motifs is 1. The van der Waals surface area contributed by atoms with E-state index in [4.69, 9.17) is 11.6 Å². The Hall–Kier alpha value is -2.64. The summed E-state index contributed by atoms with van der Waals surface area (Å²) in [6, 6.07) is 10.6. The van der Waals surface area contributed by atoms with E-state index < -0.39 is 0 Å². The predicted molar refractivity (Wildman–Crippen MR) is 122 cm³/mol. The Kier molecular flexibility index (Phi) is 5.92. The van der Waals surface area contributed by atoms with E-state index >= 15 is 0 Å². The molecule has 0 N–H and O–H groups in total. The monoisotopic (exact) mass is 419 g/mol. The maximum Gasteiger partial charge on any atom is 0.258 e. The number of halogens is 1. The molecule has 1 aromatic carbocycles. The number of rotatable bonds is 5. The molecule has 2 atom stereocenters. The zero-order chi connectivity index (χ0) is 21.3. The topological polar surface area (TPSA) is 45.6 Å². The first-order valence-corrected chi connectivity index (χ1v) is 10.9. The summed E-state index contributed by atoms with van der Waals surface area (Å²) in [5, 5.41) is 0.669. The van der Waals surface area contributed by atoms with Crippen LogP contribution in [0.5, 0.6) is 0 Å². The normalized spacial score (nSPS) is 20.5. The average Bonchev–Trinajstić information content (AvgIpc) is 2.72. The van der Waals surface area contributed by atoms with Crippen LogP contribution in [-0.2, 0) is 12.8 Å². The van der Waals surface area contributed by atoms with Gasteiger partial charge >= 0.3 is 0 Å². The van der Waals surface area contributed by atoms with Crippen LogP contribution in [0.2, 0.25) is 5.02 Å². The standard InChI is InChI=1S/C25H26ClN3O/c1-16(2)24-12-18(8-9-28-24)4-5-19-11-22(15-27-14-19)29-17(3)10-20-13-21(26)6-7-23(20)25(29)30/h6-7,11,13-18H,4-5,10,12H2,1-3H3. The minimum atomic E-state index is 0.00954. The van der Waals surface area contributed by atoms with E-state index in [-0.39, 0.29) is 11.9 Å². The van der Waals surface area contributed by atoms with Gasteiger partial charge in [-0.2, -0.15) is 0 Å². The lowest BCUT2D eigenvalue weighted by atomic mass is 9.90. The van der Waals surface area contributed by atoms with E-state index in [2.05, 4.69) is 48.8 Å². The molecule has 0 bridgehead atoms. The highest BCUT2D eigenvalue weighted by Crippen LogP contribution is 2.30. The van der Waals surface area contributed by atoms with Gasteiger partial charge in [0.15, 0.2) is 0 Å². The van der Waals surface area contributed by atoms with Gasteiger partial charge in [-0.3, -0.25) is 9.78 Å². The van der Waals surface area contributed by atoms with Crippen LogP contribution in [0.4, 0.5) is 5.69 Å². The van der Waals surface area contributed by atoms with Crippen molar-refractivity contribution in [1.82, 2.24) is 4.98 Å². The molecular formula is C25H26ClN3O. The molecule has 30 heavy (non-hydrogen) atoms. The van der Waals surface area contributed by atoms with Gasteiger partial charge in [0, 0.05) is 46.9 Å². The Labute approximate surface area is 183 Å². The van der Waals surface area contributed by atoms with Crippen molar-refractivity contribution < 1.29 is 4.79 Å². The van der Waals surface area contributed by atoms with Gasteiger partial charge in [0.25, 0.3) is 5.91 Å². The third kappa shape index (κ3) is 4.27. The van der Waals surface area contributed by atoms with Gasteiger partial charge < -0.3 is 4.90 Å². The highest BCUT2D eigenvalue weighted by Gasteiger charge is 2.31. The minimum Gasteiger partial charge on any atom is -0.304 e. The van der Waals surface area contributed by atoms with Crippen LogP contribution in [0.1, 0.15) is 55.1 Å². The highest BCUT2D eigenvalue weighted by molar-refractivity contribution is 6.30. The van der Waals surface area contributed by atoms with Gasteiger partial charge in [-0.1, -0.05) is 31.4 Å². The number of carbonyl (C=O) groups is 1. The first-order valence-electron chi connectivity index (χ1n) is 10.5. The fraction of sp³-hybridized carbons (Fsp3) is 0.400. The summed E-state index contributed by atoms with van der Waals surface area (Å²) in [5.74, 6) is 4.03. The Bertz CT molecular complexity index is 1060. The van der Waals surface area contributed by atoms with Gasteiger partial charge in [0.05, 0.1) is 11.9 Å². The van der Waals surface area contributed by atoms with Crippen LogP contribution in [0.3, 0.4) is 0 Å². The van der Waals surface area contributed by atoms with Gasteiger partial charge in [-0.25, -0.2) is 4.99 Å². The van der Waals surface area contributed by atoms with Crippen LogP contribution in [0.25, 0.3) is 0 Å². The summed E-state index contributed by atoms with van der Waals surface area (Å²) in [4.78, 5) is 23.8. The quantitative estimate of drug-likeness (QED) is 0.614. The van der Waals surface area contributed by atoms with E-state index in [9.17, 15) is 4.79 Å². The predicted octanol–water partition coefficient (Wildman–Crippen LogP) is 5.34. The molecule has 3 heterocycles. The molecule has 4 rings (SSSR count). The van der Waals surface area contributed by atoms with E-state index in [1.54, 1.807) is 12.3 Å². The van der Waals surface area contributed by atoms with Crippen molar-refractivity contribution in [1.29, 1.82) is 0 Å². The Balaban J connectivity index is 1.49. The summed E-state index contributed by atoms with van der Waals surface area (Å²) in [6.45, 7) is 6.40. The molecule has 4 nitrogen and oxygen atoms in total. The largest absolute Gasteiger partial charge is 0.304 e. The number of nitrogens with zero attached hydrogens (tertiary/aromatic N) is 3. The van der Waals surface area contributed by atoms with Crippen LogP contribution < -0.4 is 4.90 Å². The zero-order valence-electron chi connectivity index (χ0n) is 17.7. The van der Waals surface area contributed by atoms with Gasteiger partial charge in [-0.15, -0.1) is 0 Å². The number of carbonyl (C=O) groups excluding carboxylic acids is 1. The molecule has 0 fully saturated rings. The molecule has 0 radical (unpaired) electrons. The van der Waals surface area contributed by atoms with Crippen molar-refractivity contribution in [2.45, 2.75) is 52.5 Å². The average molecular weight is 420 g/mol. The number of pyridine rings is 1. The molecular weight excluding hydrogens is 394 g/mol. The van der Waals surface area contributed by atoms with Crippen LogP contribution in [0.15, 0.2) is 41.7 Å². The highest BCUT2D eigenvalue weighted by atomic mass is 35.5. The van der Waals surface area contributed by atoms with Crippen molar-refractivity contribution in [3.05, 3.63) is 58.4 Å². The smallest absolute Gasteiger partial charge is 0.258 e. The van der Waals surface area contributed by atoms with Gasteiger partial charge in [-0.05, 0) is 67.5 Å². The third-order valence-electron chi connectivity index (χ3n) is 5.90. The second-order valence-corrected chi connectivity index (χ2v) is 8.97. The maximum atomic E-state index is 13.2. The Morgan fingerprint density at radius 1 is 1.23 bits per heavy atom. The lowest BCUT2D eigenvalue weighted by Gasteiger charge is -2.34. The number of amides is 1. The van der Waals surface area contributed by atoms with Crippen molar-refractivity contribution >= 4 is 28.9 Å². The third-order valence-corrected chi connectivity index (χ3v) is 6.14. The Morgan fingerprint density at radius 2 is 2.07 bits per heavy atom. The summed E-state index contributed by atoms with van der Waals surface area (Å²) in [7, 11) is 0. The minimum absolute atomic E-state index is 0.00954. The first kappa shape index (κ1) is 20.6. The molecule has 2 aliphatic rings. The maximum absolute atomic E-state index is 13.2. The fourth-order valence-electron chi connectivity index (χ4n) is 4.22. The molecule has 2 aromatic rings. The number of aliphatic imine (C=N–C) groups is 1. The molecule has 1 amide bonds. The van der Waals surface area contributed by atoms with Gasteiger partial charge in [0.1, 0.15) is 0 Å². The molecule has 0 spiro atoms. The fourth-order valence-corrected chi connectivity index (χ4v) is 4.41. The number of anilines is 1. The van der Waals surface area contributed by atoms with Crippen molar-refractivity contribution in [3.63, 3.8) is 0 Å². The second kappa shape index (κ2) is 8.62. The first-order chi connectivity index (χ1) is 14.4. The number of benzene rings is 1. The molecule has 1 aromatic heterocycles. The van der Waals surface area contributed by atoms with Crippen molar-refractivity contribution in [2.24, 2.45) is 16.8 Å². The van der Waals surface area contributed by atoms with E-state index in [0.29, 0.717) is 16.9 Å². The number of aryl methyl sites for hydroxylation is 1. The Morgan fingerprint density at radius 3 is 2.87 bits per heavy atom. The zero-order valence-corrected chi connectivity index (χ0v) is 18.4. The van der Waals surface area contributed by atoms with Crippen molar-refractivity contribution in [3.8, 4) is 12.0 Å². The summed E-state index contributed by atoms with van der Waals surface area (Å²) in [6.07, 6.45) is 7.25. The lowest BCUT2D eigenvalue weighted by Crippen LogP contribution is -2.44. The number of aromatic nitrogens is 1. The molecule has 5 heteroatoms.